The zero-order valence-corrected chi connectivity index (χ0v) is 14.0. The Morgan fingerprint density at radius 1 is 1.00 bits per heavy atom. The van der Waals surface area contributed by atoms with Crippen LogP contribution in [0.5, 0.6) is 0 Å². The number of para-hydroxylation sites is 1. The fourth-order valence-electron chi connectivity index (χ4n) is 2.82. The van der Waals surface area contributed by atoms with E-state index < -0.39 is 0 Å². The highest BCUT2D eigenvalue weighted by Gasteiger charge is 2.15. The van der Waals surface area contributed by atoms with Gasteiger partial charge in [-0.3, -0.25) is 13.8 Å². The summed E-state index contributed by atoms with van der Waals surface area (Å²) in [7, 11) is 0. The Labute approximate surface area is 147 Å². The predicted molar refractivity (Wildman–Crippen MR) is 94.9 cm³/mol. The standard InChI is InChI=1S/C17H12Cl2N4O/c18-9-15-20-21-17-22(10-11-5-7-12(19)8-6-11)16(24)13-3-1-2-4-14(13)23(15)17/h1-8H,9-10H2. The maximum atomic E-state index is 12.9. The van der Waals surface area contributed by atoms with E-state index in [9.17, 15) is 4.79 Å². The normalized spacial score (nSPS) is 11.4. The molecular weight excluding hydrogens is 347 g/mol. The summed E-state index contributed by atoms with van der Waals surface area (Å²) in [6.07, 6.45) is 0. The largest absolute Gasteiger partial charge is 0.272 e. The molecule has 120 valence electrons. The van der Waals surface area contributed by atoms with Crippen LogP contribution in [-0.2, 0) is 12.4 Å². The number of halogens is 2. The number of aromatic nitrogens is 4. The molecule has 0 bridgehead atoms. The Kier molecular flexibility index (Phi) is 3.75. The molecule has 0 aliphatic rings. The number of hydrogen-bond acceptors (Lipinski definition) is 3. The molecule has 7 heteroatoms. The highest BCUT2D eigenvalue weighted by Crippen LogP contribution is 2.17. The van der Waals surface area contributed by atoms with Crippen LogP contribution in [0.15, 0.2) is 53.3 Å². The Balaban J connectivity index is 2.03. The van der Waals surface area contributed by atoms with Crippen molar-refractivity contribution in [1.29, 1.82) is 0 Å². The van der Waals surface area contributed by atoms with E-state index in [0.29, 0.717) is 28.6 Å². The molecule has 0 saturated carbocycles. The van der Waals surface area contributed by atoms with E-state index in [1.54, 1.807) is 22.8 Å². The molecule has 0 radical (unpaired) electrons. The average molecular weight is 359 g/mol. The molecule has 2 heterocycles. The Morgan fingerprint density at radius 2 is 1.75 bits per heavy atom. The average Bonchev–Trinajstić information content (AvgIpc) is 3.04. The summed E-state index contributed by atoms with van der Waals surface area (Å²) in [6, 6.07) is 14.8. The summed E-state index contributed by atoms with van der Waals surface area (Å²) in [6.45, 7) is 0.380. The van der Waals surface area contributed by atoms with Gasteiger partial charge < -0.3 is 0 Å². The minimum Gasteiger partial charge on any atom is -0.272 e. The van der Waals surface area contributed by atoms with Crippen molar-refractivity contribution in [2.45, 2.75) is 12.4 Å². The summed E-state index contributed by atoms with van der Waals surface area (Å²) in [5.74, 6) is 1.29. The van der Waals surface area contributed by atoms with Crippen molar-refractivity contribution in [2.75, 3.05) is 0 Å². The lowest BCUT2D eigenvalue weighted by Gasteiger charge is -2.11. The van der Waals surface area contributed by atoms with Crippen molar-refractivity contribution in [1.82, 2.24) is 19.2 Å². The third-order valence-electron chi connectivity index (χ3n) is 3.95. The number of rotatable bonds is 3. The third-order valence-corrected chi connectivity index (χ3v) is 4.44. The maximum Gasteiger partial charge on any atom is 0.263 e. The van der Waals surface area contributed by atoms with Gasteiger partial charge in [0.1, 0.15) is 0 Å². The number of benzene rings is 2. The molecule has 24 heavy (non-hydrogen) atoms. The van der Waals surface area contributed by atoms with Crippen LogP contribution in [0.25, 0.3) is 16.7 Å². The van der Waals surface area contributed by atoms with Gasteiger partial charge in [-0.05, 0) is 29.8 Å². The first-order chi connectivity index (χ1) is 11.7. The number of nitrogens with zero attached hydrogens (tertiary/aromatic N) is 4. The molecule has 0 fully saturated rings. The summed E-state index contributed by atoms with van der Waals surface area (Å²) < 4.78 is 3.44. The zero-order chi connectivity index (χ0) is 16.7. The molecule has 0 spiro atoms. The number of hydrogen-bond donors (Lipinski definition) is 0. The van der Waals surface area contributed by atoms with Crippen LogP contribution in [-0.4, -0.2) is 19.2 Å². The molecule has 2 aromatic heterocycles. The maximum absolute atomic E-state index is 12.9. The van der Waals surface area contributed by atoms with Gasteiger partial charge in [-0.25, -0.2) is 0 Å². The van der Waals surface area contributed by atoms with Gasteiger partial charge >= 0.3 is 0 Å². The molecule has 0 saturated heterocycles. The van der Waals surface area contributed by atoms with Crippen LogP contribution in [0.4, 0.5) is 0 Å². The molecule has 0 N–H and O–H groups in total. The molecule has 2 aromatic carbocycles. The van der Waals surface area contributed by atoms with Crippen molar-refractivity contribution < 1.29 is 0 Å². The Morgan fingerprint density at radius 3 is 2.50 bits per heavy atom. The molecular formula is C17H12Cl2N4O. The lowest BCUT2D eigenvalue weighted by molar-refractivity contribution is 0.765. The van der Waals surface area contributed by atoms with Crippen LogP contribution in [0.3, 0.4) is 0 Å². The van der Waals surface area contributed by atoms with Gasteiger partial charge in [0.25, 0.3) is 5.56 Å². The fourth-order valence-corrected chi connectivity index (χ4v) is 3.11. The first kappa shape index (κ1) is 15.2. The smallest absolute Gasteiger partial charge is 0.263 e. The molecule has 0 atom stereocenters. The van der Waals surface area contributed by atoms with Gasteiger partial charge in [-0.15, -0.1) is 21.8 Å². The first-order valence-corrected chi connectivity index (χ1v) is 8.26. The van der Waals surface area contributed by atoms with Crippen molar-refractivity contribution >= 4 is 39.9 Å². The van der Waals surface area contributed by atoms with E-state index in [2.05, 4.69) is 10.2 Å². The molecule has 5 nitrogen and oxygen atoms in total. The van der Waals surface area contributed by atoms with Gasteiger partial charge in [-0.2, -0.15) is 0 Å². The van der Waals surface area contributed by atoms with Crippen LogP contribution in [0.1, 0.15) is 11.4 Å². The van der Waals surface area contributed by atoms with E-state index in [0.717, 1.165) is 11.1 Å². The molecule has 4 rings (SSSR count). The lowest BCUT2D eigenvalue weighted by atomic mass is 10.2. The van der Waals surface area contributed by atoms with Gasteiger partial charge in [0.15, 0.2) is 5.82 Å². The van der Waals surface area contributed by atoms with Crippen LogP contribution in [0, 0.1) is 0 Å². The summed E-state index contributed by atoms with van der Waals surface area (Å²) >= 11 is 11.9. The highest BCUT2D eigenvalue weighted by molar-refractivity contribution is 6.30. The minimum absolute atomic E-state index is 0.110. The molecule has 0 aliphatic carbocycles. The van der Waals surface area contributed by atoms with Crippen molar-refractivity contribution in [3.05, 3.63) is 75.3 Å². The SMILES string of the molecule is O=c1c2ccccc2n2c(CCl)nnc2n1Cc1ccc(Cl)cc1. The number of fused-ring (bicyclic) bond motifs is 3. The molecule has 4 aromatic rings. The van der Waals surface area contributed by atoms with Crippen LogP contribution >= 0.6 is 23.2 Å². The summed E-state index contributed by atoms with van der Waals surface area (Å²) in [5, 5.41) is 9.56. The van der Waals surface area contributed by atoms with Crippen molar-refractivity contribution in [3.63, 3.8) is 0 Å². The third kappa shape index (κ3) is 2.37. The van der Waals surface area contributed by atoms with Gasteiger partial charge in [0.2, 0.25) is 5.78 Å². The van der Waals surface area contributed by atoms with E-state index in [1.807, 2.05) is 34.7 Å². The zero-order valence-electron chi connectivity index (χ0n) is 12.5. The van der Waals surface area contributed by atoms with E-state index in [1.165, 1.54) is 0 Å². The molecule has 0 amide bonds. The second-order valence-corrected chi connectivity index (χ2v) is 6.12. The highest BCUT2D eigenvalue weighted by atomic mass is 35.5. The number of alkyl halides is 1. The van der Waals surface area contributed by atoms with Gasteiger partial charge in [-0.1, -0.05) is 35.9 Å². The lowest BCUT2D eigenvalue weighted by Crippen LogP contribution is -2.24. The van der Waals surface area contributed by atoms with Crippen molar-refractivity contribution in [3.8, 4) is 0 Å². The monoisotopic (exact) mass is 358 g/mol. The molecule has 0 aliphatic heterocycles. The van der Waals surface area contributed by atoms with E-state index >= 15 is 0 Å². The predicted octanol–water partition coefficient (Wildman–Crippen LogP) is 3.48. The first-order valence-electron chi connectivity index (χ1n) is 7.35. The Bertz CT molecular complexity index is 1100. The van der Waals surface area contributed by atoms with Crippen molar-refractivity contribution in [2.24, 2.45) is 0 Å². The topological polar surface area (TPSA) is 52.2 Å². The fraction of sp³-hybridized carbons (Fsp3) is 0.118. The van der Waals surface area contributed by atoms with Crippen LogP contribution < -0.4 is 5.56 Å². The van der Waals surface area contributed by atoms with Gasteiger partial charge in [0, 0.05) is 5.02 Å². The second-order valence-electron chi connectivity index (χ2n) is 5.42. The van der Waals surface area contributed by atoms with E-state index in [4.69, 9.17) is 23.2 Å². The van der Waals surface area contributed by atoms with Crippen LogP contribution in [0.2, 0.25) is 5.02 Å². The van der Waals surface area contributed by atoms with E-state index in [-0.39, 0.29) is 11.4 Å². The Hall–Kier alpha value is -2.37. The summed E-state index contributed by atoms with van der Waals surface area (Å²) in [5.41, 5.74) is 1.60. The minimum atomic E-state index is -0.110. The second kappa shape index (κ2) is 5.92. The van der Waals surface area contributed by atoms with Gasteiger partial charge in [0.05, 0.1) is 23.3 Å². The quantitative estimate of drug-likeness (QED) is 0.526. The molecule has 0 unspecified atom stereocenters. The summed E-state index contributed by atoms with van der Waals surface area (Å²) in [4.78, 5) is 12.9.